The lowest BCUT2D eigenvalue weighted by molar-refractivity contribution is 0.482. The molecule has 2 aliphatic carbocycles. The van der Waals surface area contributed by atoms with Gasteiger partial charge in [-0.05, 0) is 63.1 Å². The predicted octanol–water partition coefficient (Wildman–Crippen LogP) is 4.12. The molecular formula is C27H30N8O2S. The van der Waals surface area contributed by atoms with Gasteiger partial charge in [0.2, 0.25) is 0 Å². The van der Waals surface area contributed by atoms with Crippen LogP contribution in [0.1, 0.15) is 61.5 Å². The van der Waals surface area contributed by atoms with E-state index in [2.05, 4.69) is 36.9 Å². The smallest absolute Gasteiger partial charge is 0.295 e. The lowest BCUT2D eigenvalue weighted by Gasteiger charge is -2.19. The highest BCUT2D eigenvalue weighted by Gasteiger charge is 2.33. The second-order valence-electron chi connectivity index (χ2n) is 10.2. The molecule has 4 aromatic rings. The summed E-state index contributed by atoms with van der Waals surface area (Å²) in [5.74, 6) is 1.67. The molecule has 6 rings (SSSR count). The molecule has 196 valence electrons. The molecule has 1 aromatic carbocycles. The maximum absolute atomic E-state index is 13.8. The van der Waals surface area contributed by atoms with Crippen molar-refractivity contribution in [2.24, 2.45) is 5.92 Å². The lowest BCUT2D eigenvalue weighted by atomic mass is 10.1. The number of benzene rings is 1. The van der Waals surface area contributed by atoms with Gasteiger partial charge in [-0.25, -0.2) is 29.6 Å². The number of nitrogens with zero attached hydrogens (tertiary/aromatic N) is 6. The highest BCUT2D eigenvalue weighted by atomic mass is 32.2. The minimum absolute atomic E-state index is 0.00686. The fourth-order valence-electron chi connectivity index (χ4n) is 4.88. The highest BCUT2D eigenvalue weighted by molar-refractivity contribution is 7.92. The summed E-state index contributed by atoms with van der Waals surface area (Å²) in [7, 11) is 0. The normalized spacial score (nSPS) is 16.8. The summed E-state index contributed by atoms with van der Waals surface area (Å²) in [5.41, 5.74) is 5.34. The highest BCUT2D eigenvalue weighted by Crippen LogP contribution is 2.43. The maximum atomic E-state index is 13.8. The average molecular weight is 531 g/mol. The molecule has 11 heteroatoms. The van der Waals surface area contributed by atoms with Gasteiger partial charge in [-0.3, -0.25) is 9.36 Å². The van der Waals surface area contributed by atoms with Crippen molar-refractivity contribution in [1.29, 1.82) is 0 Å². The fourth-order valence-corrected chi connectivity index (χ4v) is 5.35. The van der Waals surface area contributed by atoms with Crippen LogP contribution in [0.15, 0.2) is 41.6 Å². The molecule has 38 heavy (non-hydrogen) atoms. The van der Waals surface area contributed by atoms with Crippen LogP contribution in [-0.4, -0.2) is 40.3 Å². The summed E-state index contributed by atoms with van der Waals surface area (Å²) in [6.45, 7) is 4.46. The van der Waals surface area contributed by atoms with Crippen molar-refractivity contribution < 1.29 is 4.55 Å². The van der Waals surface area contributed by atoms with E-state index >= 15 is 0 Å². The second kappa shape index (κ2) is 9.95. The van der Waals surface area contributed by atoms with Crippen molar-refractivity contribution in [2.45, 2.75) is 58.0 Å². The van der Waals surface area contributed by atoms with E-state index in [0.717, 1.165) is 53.9 Å². The second-order valence-corrected chi connectivity index (χ2v) is 11.3. The lowest BCUT2D eigenvalue weighted by Crippen LogP contribution is -2.29. The average Bonchev–Trinajstić information content (AvgIpc) is 3.81. The van der Waals surface area contributed by atoms with Crippen molar-refractivity contribution in [2.75, 3.05) is 16.3 Å². The molecule has 0 amide bonds. The minimum Gasteiger partial charge on any atom is -0.593 e. The Hall–Kier alpha value is -3.57. The summed E-state index contributed by atoms with van der Waals surface area (Å²) < 4.78 is 16.0. The molecular weight excluding hydrogens is 500 g/mol. The van der Waals surface area contributed by atoms with Gasteiger partial charge in [0.25, 0.3) is 5.56 Å². The minimum atomic E-state index is -1.13. The maximum Gasteiger partial charge on any atom is 0.295 e. The first-order valence-electron chi connectivity index (χ1n) is 12.9. The Bertz CT molecular complexity index is 1550. The topological polar surface area (TPSA) is 134 Å². The van der Waals surface area contributed by atoms with Crippen molar-refractivity contribution in [1.82, 2.24) is 29.5 Å². The number of aryl methyl sites for hydroxylation is 1. The van der Waals surface area contributed by atoms with Gasteiger partial charge in [-0.1, -0.05) is 12.1 Å². The molecule has 3 heterocycles. The molecule has 3 aromatic heterocycles. The van der Waals surface area contributed by atoms with E-state index in [-0.39, 0.29) is 17.4 Å². The van der Waals surface area contributed by atoms with E-state index < -0.39 is 11.4 Å². The van der Waals surface area contributed by atoms with Crippen molar-refractivity contribution in [3.63, 3.8) is 0 Å². The monoisotopic (exact) mass is 530 g/mol. The Balaban J connectivity index is 1.37. The first-order valence-corrected chi connectivity index (χ1v) is 14.5. The van der Waals surface area contributed by atoms with E-state index in [0.29, 0.717) is 35.4 Å². The number of anilines is 2. The van der Waals surface area contributed by atoms with Crippen LogP contribution in [0.3, 0.4) is 0 Å². The zero-order valence-electron chi connectivity index (χ0n) is 21.6. The Morgan fingerprint density at radius 1 is 1.11 bits per heavy atom. The quantitative estimate of drug-likeness (QED) is 0.307. The van der Waals surface area contributed by atoms with Gasteiger partial charge in [0, 0.05) is 18.5 Å². The van der Waals surface area contributed by atoms with Crippen LogP contribution in [0.25, 0.3) is 22.6 Å². The summed E-state index contributed by atoms with van der Waals surface area (Å²) >= 11 is -1.13. The summed E-state index contributed by atoms with van der Waals surface area (Å²) in [6, 6.07) is 7.56. The first kappa shape index (κ1) is 24.7. The fraction of sp³-hybridized carbons (Fsp3) is 0.407. The Kier molecular flexibility index (Phi) is 6.48. The first-order chi connectivity index (χ1) is 18.4. The molecule has 0 aliphatic heterocycles. The third-order valence-corrected chi connectivity index (χ3v) is 7.80. The third-order valence-electron chi connectivity index (χ3n) is 7.27. The number of hydrogen-bond acceptors (Lipinski definition) is 9. The third kappa shape index (κ3) is 4.95. The Morgan fingerprint density at radius 3 is 2.55 bits per heavy atom. The van der Waals surface area contributed by atoms with Gasteiger partial charge in [-0.2, -0.15) is 0 Å². The molecule has 0 bridgehead atoms. The summed E-state index contributed by atoms with van der Waals surface area (Å²) in [6.07, 6.45) is 9.29. The van der Waals surface area contributed by atoms with Crippen LogP contribution in [0.4, 0.5) is 11.5 Å². The van der Waals surface area contributed by atoms with Gasteiger partial charge in [0.05, 0.1) is 40.2 Å². The molecule has 0 saturated heterocycles. The van der Waals surface area contributed by atoms with Crippen molar-refractivity contribution in [3.05, 3.63) is 64.1 Å². The molecule has 2 atom stereocenters. The summed E-state index contributed by atoms with van der Waals surface area (Å²) in [5, 5.41) is 3.22. The molecule has 2 N–H and O–H groups in total. The van der Waals surface area contributed by atoms with Gasteiger partial charge in [0.15, 0.2) is 17.3 Å². The zero-order chi connectivity index (χ0) is 26.4. The van der Waals surface area contributed by atoms with E-state index in [1.807, 2.05) is 31.2 Å². The van der Waals surface area contributed by atoms with Crippen LogP contribution in [0.5, 0.6) is 0 Å². The SMILES string of the molecule is Cc1ncnc(C2CC2)c1-c1ncc2nc(NCc3ccc(N[S+](C)[O-])cc3)c(=O)n(C(C)C3CC3)c2n1. The van der Waals surface area contributed by atoms with Gasteiger partial charge in [-0.15, -0.1) is 0 Å². The summed E-state index contributed by atoms with van der Waals surface area (Å²) in [4.78, 5) is 36.9. The Labute approximate surface area is 223 Å². The van der Waals surface area contributed by atoms with Gasteiger partial charge < -0.3 is 9.87 Å². The molecule has 2 saturated carbocycles. The van der Waals surface area contributed by atoms with Gasteiger partial charge >= 0.3 is 0 Å². The largest absolute Gasteiger partial charge is 0.593 e. The number of aromatic nitrogens is 6. The van der Waals surface area contributed by atoms with E-state index in [1.54, 1.807) is 23.3 Å². The Morgan fingerprint density at radius 2 is 1.87 bits per heavy atom. The number of rotatable bonds is 9. The molecule has 2 fully saturated rings. The van der Waals surface area contributed by atoms with Crippen LogP contribution >= 0.6 is 0 Å². The van der Waals surface area contributed by atoms with Crippen LogP contribution < -0.4 is 15.6 Å². The van der Waals surface area contributed by atoms with Crippen molar-refractivity contribution in [3.8, 4) is 11.4 Å². The molecule has 2 unspecified atom stereocenters. The van der Waals surface area contributed by atoms with Crippen LogP contribution in [-0.2, 0) is 17.9 Å². The number of nitrogens with one attached hydrogen (secondary N) is 2. The molecule has 10 nitrogen and oxygen atoms in total. The van der Waals surface area contributed by atoms with Crippen LogP contribution in [0.2, 0.25) is 0 Å². The predicted molar refractivity (Wildman–Crippen MR) is 148 cm³/mol. The molecule has 2 aliphatic rings. The standard InChI is InChI=1S/C27H30N8O2S/c1-15-22(23(19-8-9-19)31-14-30-15)24-29-13-21-26(33-24)35(16(2)18-6-7-18)27(36)25(32-21)28-12-17-4-10-20(11-5-17)34-38(3)37/h4-5,10-11,13-14,16,18-19,34H,6-9,12H2,1-3H3,(H,28,32). The molecule has 0 radical (unpaired) electrons. The molecule has 0 spiro atoms. The van der Waals surface area contributed by atoms with Gasteiger partial charge in [0.1, 0.15) is 18.1 Å². The van der Waals surface area contributed by atoms with Crippen molar-refractivity contribution >= 4 is 34.0 Å². The zero-order valence-corrected chi connectivity index (χ0v) is 22.5. The van der Waals surface area contributed by atoms with Crippen LogP contribution in [0, 0.1) is 12.8 Å². The van der Waals surface area contributed by atoms with E-state index in [4.69, 9.17) is 4.98 Å². The number of hydrogen-bond donors (Lipinski definition) is 2. The van der Waals surface area contributed by atoms with E-state index in [1.165, 1.54) is 0 Å². The number of fused-ring (bicyclic) bond motifs is 1. The van der Waals surface area contributed by atoms with E-state index in [9.17, 15) is 9.35 Å².